The maximum atomic E-state index is 13.2. The van der Waals surface area contributed by atoms with Crippen molar-refractivity contribution < 1.29 is 24.5 Å². The highest BCUT2D eigenvalue weighted by Crippen LogP contribution is 2.17. The number of allylic oxidation sites excluding steroid dienone is 12. The quantitative estimate of drug-likeness (QED) is 0.0246. The number of carbonyl (C=O) groups excluding carboxylic acids is 2. The van der Waals surface area contributed by atoms with Crippen LogP contribution in [-0.2, 0) is 14.3 Å². The third kappa shape index (κ3) is 42.0. The standard InChI is InChI=1S/C54H95NO5/c1-4-7-10-13-16-19-21-23-25-27-29-31-34-36-39-42-45-50(48-53(58)55-51(49-56)52(57)46-43-40-37-33-18-15-12-9-6-3)60-54(59)47-44-41-38-35-32-30-28-26-24-22-20-17-14-11-8-5-2/h10,13,16,19,21,23,25-29,31,50-52,56-57H,4-9,11-12,14-15,17-18,20,22,24,30,32-49H2,1-3H3,(H,55,58)/b13-10+,19-16+,23-21+,27-25+,28-26+,31-29+. The summed E-state index contributed by atoms with van der Waals surface area (Å²) in [6.07, 6.45) is 59.6. The van der Waals surface area contributed by atoms with Gasteiger partial charge in [-0.1, -0.05) is 222 Å². The van der Waals surface area contributed by atoms with Gasteiger partial charge < -0.3 is 20.3 Å². The molecular formula is C54H95NO5. The Labute approximate surface area is 371 Å². The van der Waals surface area contributed by atoms with Gasteiger partial charge in [-0.25, -0.2) is 0 Å². The van der Waals surface area contributed by atoms with E-state index in [1.54, 1.807) is 0 Å². The van der Waals surface area contributed by atoms with E-state index < -0.39 is 18.2 Å². The molecule has 0 spiro atoms. The van der Waals surface area contributed by atoms with E-state index in [0.29, 0.717) is 19.3 Å². The molecule has 0 aromatic rings. The van der Waals surface area contributed by atoms with Crippen molar-refractivity contribution in [3.8, 4) is 0 Å². The zero-order chi connectivity index (χ0) is 43.8. The molecule has 0 aliphatic rings. The highest BCUT2D eigenvalue weighted by atomic mass is 16.5. The van der Waals surface area contributed by atoms with Crippen LogP contribution in [0.2, 0.25) is 0 Å². The van der Waals surface area contributed by atoms with Gasteiger partial charge in [-0.2, -0.15) is 0 Å². The van der Waals surface area contributed by atoms with E-state index in [9.17, 15) is 19.8 Å². The van der Waals surface area contributed by atoms with Gasteiger partial charge in [-0.3, -0.25) is 9.59 Å². The number of esters is 1. The van der Waals surface area contributed by atoms with Crippen molar-refractivity contribution in [2.24, 2.45) is 0 Å². The molecule has 0 rings (SSSR count). The van der Waals surface area contributed by atoms with Crippen LogP contribution in [-0.4, -0.2) is 46.9 Å². The van der Waals surface area contributed by atoms with Gasteiger partial charge in [-0.15, -0.1) is 0 Å². The molecule has 0 aromatic carbocycles. The molecule has 346 valence electrons. The number of amides is 1. The van der Waals surface area contributed by atoms with Gasteiger partial charge >= 0.3 is 5.97 Å². The number of carbonyl (C=O) groups is 2. The molecule has 3 N–H and O–H groups in total. The summed E-state index contributed by atoms with van der Waals surface area (Å²) in [5.41, 5.74) is 0. The van der Waals surface area contributed by atoms with Crippen molar-refractivity contribution in [2.45, 2.75) is 251 Å². The topological polar surface area (TPSA) is 95.9 Å². The molecule has 3 atom stereocenters. The van der Waals surface area contributed by atoms with Crippen molar-refractivity contribution in [3.63, 3.8) is 0 Å². The Bertz CT molecular complexity index is 1120. The Morgan fingerprint density at radius 1 is 0.483 bits per heavy atom. The van der Waals surface area contributed by atoms with E-state index >= 15 is 0 Å². The second kappa shape index (κ2) is 47.4. The summed E-state index contributed by atoms with van der Waals surface area (Å²) in [4.78, 5) is 26.1. The molecule has 60 heavy (non-hydrogen) atoms. The fourth-order valence-electron chi connectivity index (χ4n) is 7.28. The van der Waals surface area contributed by atoms with Gasteiger partial charge in [0.15, 0.2) is 0 Å². The van der Waals surface area contributed by atoms with Crippen LogP contribution in [0, 0.1) is 0 Å². The lowest BCUT2D eigenvalue weighted by atomic mass is 10.0. The monoisotopic (exact) mass is 838 g/mol. The first kappa shape index (κ1) is 57.3. The molecule has 0 saturated heterocycles. The number of aliphatic hydroxyl groups is 2. The molecule has 6 nitrogen and oxygen atoms in total. The minimum atomic E-state index is -0.802. The predicted octanol–water partition coefficient (Wildman–Crippen LogP) is 15.0. The lowest BCUT2D eigenvalue weighted by molar-refractivity contribution is -0.151. The number of ether oxygens (including phenoxy) is 1. The minimum absolute atomic E-state index is 0.0436. The number of unbranched alkanes of at least 4 members (excludes halogenated alkanes) is 24. The zero-order valence-electron chi connectivity index (χ0n) is 39.3. The zero-order valence-corrected chi connectivity index (χ0v) is 39.3. The molecule has 6 heteroatoms. The molecule has 0 aliphatic heterocycles. The van der Waals surface area contributed by atoms with Crippen LogP contribution in [0.5, 0.6) is 0 Å². The summed E-state index contributed by atoms with van der Waals surface area (Å²) in [5, 5.41) is 23.6. The largest absolute Gasteiger partial charge is 0.462 e. The molecule has 0 saturated carbocycles. The van der Waals surface area contributed by atoms with Crippen molar-refractivity contribution >= 4 is 11.9 Å². The van der Waals surface area contributed by atoms with E-state index in [0.717, 1.165) is 77.0 Å². The van der Waals surface area contributed by atoms with E-state index in [1.807, 2.05) is 36.5 Å². The summed E-state index contributed by atoms with van der Waals surface area (Å²) >= 11 is 0. The smallest absolute Gasteiger partial charge is 0.306 e. The first-order valence-corrected chi connectivity index (χ1v) is 25.2. The van der Waals surface area contributed by atoms with Gasteiger partial charge in [0, 0.05) is 6.42 Å². The van der Waals surface area contributed by atoms with E-state index in [1.165, 1.54) is 109 Å². The van der Waals surface area contributed by atoms with Crippen LogP contribution in [0.4, 0.5) is 0 Å². The van der Waals surface area contributed by atoms with Crippen LogP contribution in [0.25, 0.3) is 0 Å². The summed E-state index contributed by atoms with van der Waals surface area (Å²) in [5.74, 6) is -0.529. The normalized spacial score (nSPS) is 13.9. The Morgan fingerprint density at radius 2 is 0.900 bits per heavy atom. The lowest BCUT2D eigenvalue weighted by Gasteiger charge is -2.24. The minimum Gasteiger partial charge on any atom is -0.462 e. The fraction of sp³-hybridized carbons (Fsp3) is 0.741. The van der Waals surface area contributed by atoms with Gasteiger partial charge in [0.2, 0.25) is 5.91 Å². The summed E-state index contributed by atoms with van der Waals surface area (Å²) in [7, 11) is 0. The average molecular weight is 838 g/mol. The molecule has 0 bridgehead atoms. The number of nitrogens with one attached hydrogen (secondary N) is 1. The number of aliphatic hydroxyl groups excluding tert-OH is 2. The Balaban J connectivity index is 4.70. The third-order valence-electron chi connectivity index (χ3n) is 11.1. The molecular weight excluding hydrogens is 743 g/mol. The molecule has 1 amide bonds. The van der Waals surface area contributed by atoms with Gasteiger partial charge in [0.1, 0.15) is 6.10 Å². The predicted molar refractivity (Wildman–Crippen MR) is 259 cm³/mol. The van der Waals surface area contributed by atoms with E-state index in [-0.39, 0.29) is 24.9 Å². The Morgan fingerprint density at radius 3 is 1.42 bits per heavy atom. The van der Waals surface area contributed by atoms with E-state index in [2.05, 4.69) is 62.5 Å². The first-order chi connectivity index (χ1) is 29.5. The van der Waals surface area contributed by atoms with Crippen LogP contribution in [0.3, 0.4) is 0 Å². The fourth-order valence-corrected chi connectivity index (χ4v) is 7.28. The first-order valence-electron chi connectivity index (χ1n) is 25.2. The molecule has 0 heterocycles. The summed E-state index contributed by atoms with van der Waals surface area (Å²) in [6, 6.07) is -0.719. The molecule has 0 fully saturated rings. The second-order valence-electron chi connectivity index (χ2n) is 17.0. The molecule has 0 radical (unpaired) electrons. The van der Waals surface area contributed by atoms with Crippen molar-refractivity contribution in [2.75, 3.05) is 6.61 Å². The maximum absolute atomic E-state index is 13.2. The summed E-state index contributed by atoms with van der Waals surface area (Å²) in [6.45, 7) is 6.35. The van der Waals surface area contributed by atoms with Crippen LogP contribution < -0.4 is 5.32 Å². The van der Waals surface area contributed by atoms with Crippen molar-refractivity contribution in [1.29, 1.82) is 0 Å². The van der Waals surface area contributed by atoms with Crippen molar-refractivity contribution in [3.05, 3.63) is 72.9 Å². The van der Waals surface area contributed by atoms with Gasteiger partial charge in [-0.05, 0) is 70.6 Å². The molecule has 3 unspecified atom stereocenters. The van der Waals surface area contributed by atoms with E-state index in [4.69, 9.17) is 4.74 Å². The highest BCUT2D eigenvalue weighted by molar-refractivity contribution is 5.77. The van der Waals surface area contributed by atoms with Crippen LogP contribution >= 0.6 is 0 Å². The number of rotatable bonds is 44. The molecule has 0 aliphatic carbocycles. The third-order valence-corrected chi connectivity index (χ3v) is 11.1. The second-order valence-corrected chi connectivity index (χ2v) is 17.0. The highest BCUT2D eigenvalue weighted by Gasteiger charge is 2.24. The Hall–Kier alpha value is -2.70. The van der Waals surface area contributed by atoms with Crippen molar-refractivity contribution in [1.82, 2.24) is 5.32 Å². The number of hydrogen-bond donors (Lipinski definition) is 3. The maximum Gasteiger partial charge on any atom is 0.306 e. The van der Waals surface area contributed by atoms with Crippen LogP contribution in [0.1, 0.15) is 233 Å². The average Bonchev–Trinajstić information content (AvgIpc) is 3.24. The van der Waals surface area contributed by atoms with Gasteiger partial charge in [0.25, 0.3) is 0 Å². The Kier molecular flexibility index (Phi) is 45.2. The van der Waals surface area contributed by atoms with Gasteiger partial charge in [0.05, 0.1) is 25.2 Å². The number of hydrogen-bond acceptors (Lipinski definition) is 5. The summed E-state index contributed by atoms with van der Waals surface area (Å²) < 4.78 is 5.91. The lowest BCUT2D eigenvalue weighted by Crippen LogP contribution is -2.46. The SMILES string of the molecule is CCC/C=C/C=C/C=C/C=C/C=C/CCCCCC(CC(=O)NC(CO)C(O)CCCCCCCCCCC)OC(=O)CCCCCCC/C=C/CCCCCCCCC. The molecule has 0 aromatic heterocycles. The van der Waals surface area contributed by atoms with Crippen LogP contribution in [0.15, 0.2) is 72.9 Å².